The molecule has 0 saturated carbocycles. The number of hydrogen-bond donors (Lipinski definition) is 1. The Morgan fingerprint density at radius 1 is 1.42 bits per heavy atom. The van der Waals surface area contributed by atoms with Gasteiger partial charge in [0.1, 0.15) is 5.82 Å². The van der Waals surface area contributed by atoms with E-state index in [0.717, 1.165) is 24.6 Å². The van der Waals surface area contributed by atoms with Gasteiger partial charge in [-0.05, 0) is 43.2 Å². The number of ether oxygens (including phenoxy) is 1. The van der Waals surface area contributed by atoms with Crippen LogP contribution in [0, 0.1) is 17.1 Å². The standard InChI is InChI=1S/C19H19FN4O2/c20-17-10-14(11-21)6-7-18(17)23-19(25)24-9-3-5-16(12-24)26-13-15-4-1-2-8-22-15/h1-2,4,6-8,10,16H,3,5,9,12-13H2,(H,23,25). The molecule has 1 unspecified atom stereocenters. The van der Waals surface area contributed by atoms with Crippen LogP contribution < -0.4 is 5.32 Å². The van der Waals surface area contributed by atoms with Gasteiger partial charge in [0.05, 0.1) is 35.7 Å². The number of halogens is 1. The zero-order chi connectivity index (χ0) is 18.4. The Labute approximate surface area is 151 Å². The minimum Gasteiger partial charge on any atom is -0.370 e. The van der Waals surface area contributed by atoms with Crippen molar-refractivity contribution in [3.8, 4) is 6.07 Å². The van der Waals surface area contributed by atoms with Gasteiger partial charge in [0.15, 0.2) is 0 Å². The van der Waals surface area contributed by atoms with E-state index in [9.17, 15) is 9.18 Å². The quantitative estimate of drug-likeness (QED) is 0.914. The van der Waals surface area contributed by atoms with E-state index in [0.29, 0.717) is 19.7 Å². The average molecular weight is 354 g/mol. The van der Waals surface area contributed by atoms with E-state index in [1.54, 1.807) is 11.1 Å². The van der Waals surface area contributed by atoms with Crippen LogP contribution in [0.3, 0.4) is 0 Å². The highest BCUT2D eigenvalue weighted by atomic mass is 19.1. The number of urea groups is 1. The van der Waals surface area contributed by atoms with Crippen molar-refractivity contribution in [1.29, 1.82) is 5.26 Å². The maximum atomic E-state index is 13.9. The number of carbonyl (C=O) groups excluding carboxylic acids is 1. The molecule has 3 rings (SSSR count). The van der Waals surface area contributed by atoms with Gasteiger partial charge < -0.3 is 15.0 Å². The molecule has 1 saturated heterocycles. The first-order valence-corrected chi connectivity index (χ1v) is 8.43. The van der Waals surface area contributed by atoms with E-state index < -0.39 is 5.82 Å². The van der Waals surface area contributed by atoms with Crippen molar-refractivity contribution in [3.05, 3.63) is 59.7 Å². The highest BCUT2D eigenvalue weighted by Gasteiger charge is 2.25. The van der Waals surface area contributed by atoms with Crippen LogP contribution >= 0.6 is 0 Å². The molecule has 0 spiro atoms. The average Bonchev–Trinajstić information content (AvgIpc) is 2.69. The topological polar surface area (TPSA) is 78.2 Å². The van der Waals surface area contributed by atoms with E-state index in [-0.39, 0.29) is 23.4 Å². The predicted octanol–water partition coefficient (Wildman–Crippen LogP) is 3.31. The molecule has 0 aliphatic carbocycles. The molecule has 2 aromatic rings. The Morgan fingerprint density at radius 3 is 3.04 bits per heavy atom. The SMILES string of the molecule is N#Cc1ccc(NC(=O)N2CCCC(OCc3ccccn3)C2)c(F)c1. The number of nitrogens with zero attached hydrogens (tertiary/aromatic N) is 3. The zero-order valence-corrected chi connectivity index (χ0v) is 14.2. The molecular weight excluding hydrogens is 335 g/mol. The summed E-state index contributed by atoms with van der Waals surface area (Å²) < 4.78 is 19.8. The second kappa shape index (κ2) is 8.41. The van der Waals surface area contributed by atoms with E-state index in [2.05, 4.69) is 10.3 Å². The van der Waals surface area contributed by atoms with Crippen molar-refractivity contribution in [1.82, 2.24) is 9.88 Å². The maximum absolute atomic E-state index is 13.9. The minimum absolute atomic E-state index is 0.0607. The Bertz CT molecular complexity index is 807. The summed E-state index contributed by atoms with van der Waals surface area (Å²) in [7, 11) is 0. The number of amides is 2. The van der Waals surface area contributed by atoms with Crippen LogP contribution in [-0.4, -0.2) is 35.1 Å². The zero-order valence-electron chi connectivity index (χ0n) is 14.2. The second-order valence-electron chi connectivity index (χ2n) is 6.08. The molecular formula is C19H19FN4O2. The van der Waals surface area contributed by atoms with E-state index >= 15 is 0 Å². The first-order chi connectivity index (χ1) is 12.7. The minimum atomic E-state index is -0.627. The van der Waals surface area contributed by atoms with Gasteiger partial charge in [-0.3, -0.25) is 4.98 Å². The van der Waals surface area contributed by atoms with Gasteiger partial charge in [-0.15, -0.1) is 0 Å². The normalized spacial score (nSPS) is 16.8. The number of nitrogens with one attached hydrogen (secondary N) is 1. The number of benzene rings is 1. The molecule has 0 radical (unpaired) electrons. The largest absolute Gasteiger partial charge is 0.370 e. The number of likely N-dealkylation sites (tertiary alicyclic amines) is 1. The molecule has 1 N–H and O–H groups in total. The maximum Gasteiger partial charge on any atom is 0.322 e. The van der Waals surface area contributed by atoms with Crippen molar-refractivity contribution in [3.63, 3.8) is 0 Å². The lowest BCUT2D eigenvalue weighted by Crippen LogP contribution is -2.45. The molecule has 2 heterocycles. The van der Waals surface area contributed by atoms with E-state index in [1.807, 2.05) is 24.3 Å². The van der Waals surface area contributed by atoms with Crippen LogP contribution in [0.2, 0.25) is 0 Å². The van der Waals surface area contributed by atoms with Crippen LogP contribution in [0.15, 0.2) is 42.6 Å². The Balaban J connectivity index is 1.55. The van der Waals surface area contributed by atoms with Gasteiger partial charge in [-0.1, -0.05) is 6.07 Å². The van der Waals surface area contributed by atoms with Gasteiger partial charge in [-0.2, -0.15) is 5.26 Å². The molecule has 1 aliphatic heterocycles. The highest BCUT2D eigenvalue weighted by molar-refractivity contribution is 5.89. The number of nitriles is 1. The van der Waals surface area contributed by atoms with Crippen molar-refractivity contribution in [2.75, 3.05) is 18.4 Å². The number of anilines is 1. The second-order valence-corrected chi connectivity index (χ2v) is 6.08. The van der Waals surface area contributed by atoms with Gasteiger partial charge >= 0.3 is 6.03 Å². The highest BCUT2D eigenvalue weighted by Crippen LogP contribution is 2.19. The summed E-state index contributed by atoms with van der Waals surface area (Å²) in [6.07, 6.45) is 3.31. The van der Waals surface area contributed by atoms with Crippen LogP contribution in [0.5, 0.6) is 0 Å². The fourth-order valence-corrected chi connectivity index (χ4v) is 2.83. The third-order valence-electron chi connectivity index (χ3n) is 4.20. The van der Waals surface area contributed by atoms with E-state index in [1.165, 1.54) is 12.1 Å². The molecule has 1 aromatic heterocycles. The van der Waals surface area contributed by atoms with Crippen LogP contribution in [-0.2, 0) is 11.3 Å². The van der Waals surface area contributed by atoms with Gasteiger partial charge in [0, 0.05) is 19.3 Å². The Morgan fingerprint density at radius 2 is 2.31 bits per heavy atom. The third kappa shape index (κ3) is 4.55. The van der Waals surface area contributed by atoms with Crippen molar-refractivity contribution >= 4 is 11.7 Å². The van der Waals surface area contributed by atoms with Crippen LogP contribution in [0.1, 0.15) is 24.1 Å². The monoisotopic (exact) mass is 354 g/mol. The summed E-state index contributed by atoms with van der Waals surface area (Å²) in [6, 6.07) is 11.1. The molecule has 7 heteroatoms. The van der Waals surface area contributed by atoms with Crippen molar-refractivity contribution in [2.24, 2.45) is 0 Å². The lowest BCUT2D eigenvalue weighted by Gasteiger charge is -2.32. The molecule has 26 heavy (non-hydrogen) atoms. The third-order valence-corrected chi connectivity index (χ3v) is 4.20. The number of carbonyl (C=O) groups is 1. The number of rotatable bonds is 4. The smallest absolute Gasteiger partial charge is 0.322 e. The molecule has 1 fully saturated rings. The first-order valence-electron chi connectivity index (χ1n) is 8.43. The molecule has 134 valence electrons. The summed E-state index contributed by atoms with van der Waals surface area (Å²) >= 11 is 0. The number of aromatic nitrogens is 1. The van der Waals surface area contributed by atoms with Crippen molar-refractivity contribution < 1.29 is 13.9 Å². The van der Waals surface area contributed by atoms with Crippen LogP contribution in [0.4, 0.5) is 14.9 Å². The summed E-state index contributed by atoms with van der Waals surface area (Å²) in [4.78, 5) is 18.2. The van der Waals surface area contributed by atoms with Gasteiger partial charge in [-0.25, -0.2) is 9.18 Å². The lowest BCUT2D eigenvalue weighted by molar-refractivity contribution is -0.000330. The summed E-state index contributed by atoms with van der Waals surface area (Å²) in [5, 5.41) is 11.3. The predicted molar refractivity (Wildman–Crippen MR) is 93.8 cm³/mol. The van der Waals surface area contributed by atoms with Crippen molar-refractivity contribution in [2.45, 2.75) is 25.6 Å². The molecule has 0 bridgehead atoms. The number of hydrogen-bond acceptors (Lipinski definition) is 4. The fourth-order valence-electron chi connectivity index (χ4n) is 2.83. The lowest BCUT2D eigenvalue weighted by atomic mass is 10.1. The summed E-state index contributed by atoms with van der Waals surface area (Å²) in [6.45, 7) is 1.43. The van der Waals surface area contributed by atoms with Gasteiger partial charge in [0.25, 0.3) is 0 Å². The van der Waals surface area contributed by atoms with E-state index in [4.69, 9.17) is 10.00 Å². The Kier molecular flexibility index (Phi) is 5.77. The summed E-state index contributed by atoms with van der Waals surface area (Å²) in [5.74, 6) is -0.627. The molecule has 1 atom stereocenters. The molecule has 2 amide bonds. The Hall–Kier alpha value is -2.98. The van der Waals surface area contributed by atoms with Gasteiger partial charge in [0.2, 0.25) is 0 Å². The number of piperidine rings is 1. The molecule has 6 nitrogen and oxygen atoms in total. The van der Waals surface area contributed by atoms with Crippen LogP contribution in [0.25, 0.3) is 0 Å². The first kappa shape index (κ1) is 17.8. The summed E-state index contributed by atoms with van der Waals surface area (Å²) in [5.41, 5.74) is 1.11. The number of pyridine rings is 1. The molecule has 1 aromatic carbocycles. The molecule has 1 aliphatic rings. The fraction of sp³-hybridized carbons (Fsp3) is 0.316.